The Morgan fingerprint density at radius 1 is 1.11 bits per heavy atom. The van der Waals surface area contributed by atoms with Gasteiger partial charge in [0.05, 0.1) is 24.1 Å². The molecule has 2 aromatic carbocycles. The van der Waals surface area contributed by atoms with E-state index in [4.69, 9.17) is 4.74 Å². The summed E-state index contributed by atoms with van der Waals surface area (Å²) >= 11 is 2.40. The average molecular weight is 524 g/mol. The molecule has 7 nitrogen and oxygen atoms in total. The van der Waals surface area contributed by atoms with E-state index >= 15 is 0 Å². The number of thioether (sulfide) groups is 1. The molecule has 4 rings (SSSR count). The lowest BCUT2D eigenvalue weighted by molar-refractivity contribution is -0.137. The summed E-state index contributed by atoms with van der Waals surface area (Å²) in [5.41, 5.74) is 0.548. The number of carbonyl (C=O) groups excluding carboxylic acids is 1. The molecule has 0 saturated carbocycles. The van der Waals surface area contributed by atoms with Crippen LogP contribution in [-0.2, 0) is 11.9 Å². The molecule has 0 spiro atoms. The van der Waals surface area contributed by atoms with Gasteiger partial charge in [0, 0.05) is 5.75 Å². The number of halogens is 4. The van der Waals surface area contributed by atoms with E-state index in [9.17, 15) is 22.4 Å². The summed E-state index contributed by atoms with van der Waals surface area (Å²) in [6.45, 7) is 2.07. The Morgan fingerprint density at radius 2 is 1.83 bits per heavy atom. The summed E-state index contributed by atoms with van der Waals surface area (Å²) in [5, 5.41) is 15.1. The van der Waals surface area contributed by atoms with Crippen molar-refractivity contribution in [1.29, 1.82) is 0 Å². The molecule has 0 bridgehead atoms. The number of carbonyl (C=O) groups is 1. The van der Waals surface area contributed by atoms with Crippen molar-refractivity contribution < 1.29 is 27.1 Å². The van der Waals surface area contributed by atoms with Gasteiger partial charge >= 0.3 is 6.18 Å². The van der Waals surface area contributed by atoms with E-state index in [1.807, 2.05) is 0 Å². The highest BCUT2D eigenvalue weighted by Crippen LogP contribution is 2.32. The summed E-state index contributed by atoms with van der Waals surface area (Å²) in [4.78, 5) is 12.8. The topological polar surface area (TPSA) is 81.9 Å². The zero-order valence-corrected chi connectivity index (χ0v) is 19.7. The quantitative estimate of drug-likeness (QED) is 0.178. The van der Waals surface area contributed by atoms with Crippen LogP contribution in [0.2, 0.25) is 0 Å². The fourth-order valence-electron chi connectivity index (χ4n) is 2.91. The molecule has 35 heavy (non-hydrogen) atoms. The molecule has 0 atom stereocenters. The molecule has 0 aliphatic rings. The van der Waals surface area contributed by atoms with Crippen molar-refractivity contribution >= 4 is 34.1 Å². The summed E-state index contributed by atoms with van der Waals surface area (Å²) in [6, 6.07) is 10.5. The van der Waals surface area contributed by atoms with Gasteiger partial charge in [0.2, 0.25) is 5.13 Å². The fraction of sp³-hybridized carbons (Fsp3) is 0.182. The highest BCUT2D eigenvalue weighted by molar-refractivity contribution is 8.00. The summed E-state index contributed by atoms with van der Waals surface area (Å²) < 4.78 is 58.7. The Labute approximate surface area is 205 Å². The molecule has 0 unspecified atom stereocenters. The van der Waals surface area contributed by atoms with E-state index in [-0.39, 0.29) is 16.6 Å². The first-order chi connectivity index (χ1) is 16.7. The van der Waals surface area contributed by atoms with Crippen molar-refractivity contribution in [3.05, 3.63) is 77.4 Å². The molecule has 2 aromatic heterocycles. The van der Waals surface area contributed by atoms with Crippen LogP contribution in [0.15, 0.2) is 59.1 Å². The van der Waals surface area contributed by atoms with Crippen molar-refractivity contribution in [2.75, 3.05) is 11.9 Å². The first kappa shape index (κ1) is 24.7. The van der Waals surface area contributed by atoms with Crippen LogP contribution in [0, 0.1) is 5.82 Å². The van der Waals surface area contributed by atoms with Crippen LogP contribution in [0.5, 0.6) is 5.75 Å². The monoisotopic (exact) mass is 523 g/mol. The molecule has 1 amide bonds. The Kier molecular flexibility index (Phi) is 7.36. The van der Waals surface area contributed by atoms with Crippen molar-refractivity contribution in [2.45, 2.75) is 23.2 Å². The van der Waals surface area contributed by atoms with Gasteiger partial charge in [-0.25, -0.2) is 9.07 Å². The number of rotatable bonds is 8. The third-order valence-corrected chi connectivity index (χ3v) is 6.60. The molecule has 0 radical (unpaired) electrons. The lowest BCUT2D eigenvalue weighted by Crippen LogP contribution is -2.14. The molecule has 0 fully saturated rings. The van der Waals surface area contributed by atoms with Gasteiger partial charge in [-0.3, -0.25) is 10.1 Å². The van der Waals surface area contributed by atoms with Gasteiger partial charge in [-0.15, -0.1) is 10.2 Å². The maximum Gasteiger partial charge on any atom is 0.416 e. The maximum atomic E-state index is 13.2. The van der Waals surface area contributed by atoms with E-state index in [0.717, 1.165) is 23.5 Å². The smallest absolute Gasteiger partial charge is 0.416 e. The van der Waals surface area contributed by atoms with Gasteiger partial charge in [0.15, 0.2) is 15.8 Å². The molecule has 13 heteroatoms. The zero-order chi connectivity index (χ0) is 25.0. The SMILES string of the molecule is CCOc1cn(-c2ccc(F)cc2)nc1C(=O)Nc1nnc(SCc2ccc(C(F)(F)F)cc2)s1. The first-order valence-corrected chi connectivity index (χ1v) is 12.0. The Balaban J connectivity index is 1.41. The largest absolute Gasteiger partial charge is 0.490 e. The Morgan fingerprint density at radius 3 is 2.49 bits per heavy atom. The van der Waals surface area contributed by atoms with Crippen LogP contribution in [0.3, 0.4) is 0 Å². The zero-order valence-electron chi connectivity index (χ0n) is 18.0. The number of benzene rings is 2. The standard InChI is InChI=1S/C22H17F4N5O2S2/c1-2-33-17-11-31(16-9-7-15(23)8-10-16)30-18(17)19(32)27-20-28-29-21(35-20)34-12-13-3-5-14(6-4-13)22(24,25)26/h3-11H,2,12H2,1H3,(H,27,28,32). The second-order valence-corrected chi connectivity index (χ2v) is 9.21. The minimum Gasteiger partial charge on any atom is -0.490 e. The number of anilines is 1. The summed E-state index contributed by atoms with van der Waals surface area (Å²) in [5.74, 6) is -0.329. The number of nitrogens with zero attached hydrogens (tertiary/aromatic N) is 4. The van der Waals surface area contributed by atoms with Crippen molar-refractivity contribution in [2.24, 2.45) is 0 Å². The van der Waals surface area contributed by atoms with Gasteiger partial charge in [-0.05, 0) is 48.9 Å². The second kappa shape index (κ2) is 10.4. The number of alkyl halides is 3. The van der Waals surface area contributed by atoms with Crippen LogP contribution in [0.1, 0.15) is 28.5 Å². The van der Waals surface area contributed by atoms with Crippen molar-refractivity contribution in [1.82, 2.24) is 20.0 Å². The van der Waals surface area contributed by atoms with Crippen LogP contribution < -0.4 is 10.1 Å². The number of nitrogens with one attached hydrogen (secondary N) is 1. The predicted molar refractivity (Wildman–Crippen MR) is 124 cm³/mol. The highest BCUT2D eigenvalue weighted by atomic mass is 32.2. The van der Waals surface area contributed by atoms with Crippen LogP contribution >= 0.6 is 23.1 Å². The molecule has 0 aliphatic carbocycles. The Hall–Kier alpha value is -3.45. The van der Waals surface area contributed by atoms with Crippen LogP contribution in [0.4, 0.5) is 22.7 Å². The number of ether oxygens (including phenoxy) is 1. The molecule has 0 saturated heterocycles. The van der Waals surface area contributed by atoms with E-state index in [2.05, 4.69) is 20.6 Å². The van der Waals surface area contributed by atoms with Gasteiger partial charge < -0.3 is 4.74 Å². The molecule has 0 aliphatic heterocycles. The van der Waals surface area contributed by atoms with E-state index in [1.165, 1.54) is 59.0 Å². The minimum atomic E-state index is -4.38. The van der Waals surface area contributed by atoms with E-state index < -0.39 is 23.5 Å². The van der Waals surface area contributed by atoms with Gasteiger partial charge in [-0.1, -0.05) is 35.2 Å². The molecule has 182 valence electrons. The fourth-order valence-corrected chi connectivity index (χ4v) is 4.62. The lowest BCUT2D eigenvalue weighted by atomic mass is 10.1. The third kappa shape index (κ3) is 6.17. The highest BCUT2D eigenvalue weighted by Gasteiger charge is 2.30. The minimum absolute atomic E-state index is 0.0188. The molecular formula is C22H17F4N5O2S2. The lowest BCUT2D eigenvalue weighted by Gasteiger charge is -2.06. The predicted octanol–water partition coefficient (Wildman–Crippen LogP) is 5.83. The van der Waals surface area contributed by atoms with E-state index in [1.54, 1.807) is 6.92 Å². The van der Waals surface area contributed by atoms with Crippen LogP contribution in [-0.4, -0.2) is 32.5 Å². The second-order valence-electron chi connectivity index (χ2n) is 7.01. The number of hydrogen-bond acceptors (Lipinski definition) is 7. The maximum absolute atomic E-state index is 13.2. The Bertz CT molecular complexity index is 1300. The number of amides is 1. The normalized spacial score (nSPS) is 11.5. The summed E-state index contributed by atoms with van der Waals surface area (Å²) in [6.07, 6.45) is -2.86. The molecular weight excluding hydrogens is 506 g/mol. The number of aromatic nitrogens is 4. The summed E-state index contributed by atoms with van der Waals surface area (Å²) in [7, 11) is 0. The third-order valence-electron chi connectivity index (χ3n) is 4.56. The van der Waals surface area contributed by atoms with Gasteiger partial charge in [-0.2, -0.15) is 18.3 Å². The molecule has 1 N–H and O–H groups in total. The molecule has 4 aromatic rings. The van der Waals surface area contributed by atoms with Gasteiger partial charge in [0.1, 0.15) is 5.82 Å². The van der Waals surface area contributed by atoms with Crippen LogP contribution in [0.25, 0.3) is 5.69 Å². The number of hydrogen-bond donors (Lipinski definition) is 1. The average Bonchev–Trinajstić information content (AvgIpc) is 3.45. The van der Waals surface area contributed by atoms with E-state index in [0.29, 0.717) is 28.0 Å². The van der Waals surface area contributed by atoms with Crippen molar-refractivity contribution in [3.63, 3.8) is 0 Å². The first-order valence-electron chi connectivity index (χ1n) is 10.1. The molecule has 2 heterocycles. The van der Waals surface area contributed by atoms with Crippen molar-refractivity contribution in [3.8, 4) is 11.4 Å². The van der Waals surface area contributed by atoms with Gasteiger partial charge in [0.25, 0.3) is 5.91 Å².